The number of likely N-dealkylation sites (tertiary alicyclic amines) is 1. The van der Waals surface area contributed by atoms with Crippen LogP contribution in [0.3, 0.4) is 0 Å². The lowest BCUT2D eigenvalue weighted by atomic mass is 9.75. The molecule has 2 amide bonds. The summed E-state index contributed by atoms with van der Waals surface area (Å²) >= 11 is 0. The van der Waals surface area contributed by atoms with E-state index in [1.807, 2.05) is 25.7 Å². The highest BCUT2D eigenvalue weighted by Gasteiger charge is 2.43. The van der Waals surface area contributed by atoms with Crippen molar-refractivity contribution < 1.29 is 19.5 Å². The molecule has 2 aliphatic rings. The lowest BCUT2D eigenvalue weighted by molar-refractivity contribution is -0.141. The number of hydrogen-bond donors (Lipinski definition) is 2. The zero-order valence-electron chi connectivity index (χ0n) is 16.3. The third-order valence-electron chi connectivity index (χ3n) is 5.74. The Kier molecular flexibility index (Phi) is 5.02. The van der Waals surface area contributed by atoms with Crippen molar-refractivity contribution in [2.45, 2.75) is 58.4 Å². The minimum absolute atomic E-state index is 0.0117. The van der Waals surface area contributed by atoms with E-state index in [9.17, 15) is 14.4 Å². The summed E-state index contributed by atoms with van der Waals surface area (Å²) in [5, 5.41) is 12.2. The molecule has 0 radical (unpaired) electrons. The molecule has 2 N–H and O–H groups in total. The molecule has 0 bridgehead atoms. The van der Waals surface area contributed by atoms with E-state index in [4.69, 9.17) is 5.11 Å². The van der Waals surface area contributed by atoms with Crippen LogP contribution in [-0.4, -0.2) is 40.9 Å². The molecule has 1 aromatic rings. The Morgan fingerprint density at radius 1 is 1.22 bits per heavy atom. The van der Waals surface area contributed by atoms with Gasteiger partial charge >= 0.3 is 5.97 Å². The molecule has 1 fully saturated rings. The van der Waals surface area contributed by atoms with Crippen molar-refractivity contribution in [2.24, 2.45) is 5.41 Å². The number of benzene rings is 1. The number of rotatable bonds is 4. The van der Waals surface area contributed by atoms with Crippen LogP contribution in [0, 0.1) is 12.3 Å². The van der Waals surface area contributed by atoms with Gasteiger partial charge in [0.1, 0.15) is 0 Å². The van der Waals surface area contributed by atoms with Gasteiger partial charge in [-0.2, -0.15) is 0 Å². The fourth-order valence-corrected chi connectivity index (χ4v) is 4.41. The first kappa shape index (κ1) is 19.4. The van der Waals surface area contributed by atoms with Gasteiger partial charge in [-0.25, -0.2) is 0 Å². The molecule has 0 aliphatic carbocycles. The third-order valence-corrected chi connectivity index (χ3v) is 5.74. The van der Waals surface area contributed by atoms with Gasteiger partial charge in [0, 0.05) is 19.5 Å². The first-order chi connectivity index (χ1) is 12.6. The summed E-state index contributed by atoms with van der Waals surface area (Å²) in [5.41, 5.74) is 2.44. The minimum atomic E-state index is -0.887. The van der Waals surface area contributed by atoms with Gasteiger partial charge in [0.15, 0.2) is 0 Å². The van der Waals surface area contributed by atoms with E-state index < -0.39 is 16.9 Å². The maximum Gasteiger partial charge on any atom is 0.303 e. The number of nitrogens with zero attached hydrogens (tertiary/aromatic N) is 1. The molecule has 0 unspecified atom stereocenters. The van der Waals surface area contributed by atoms with Crippen LogP contribution in [0.2, 0.25) is 0 Å². The Morgan fingerprint density at radius 2 is 1.89 bits per heavy atom. The van der Waals surface area contributed by atoms with Crippen LogP contribution in [-0.2, 0) is 26.3 Å². The maximum absolute atomic E-state index is 12.7. The number of piperidine rings is 1. The molecule has 3 rings (SSSR count). The van der Waals surface area contributed by atoms with Gasteiger partial charge in [-0.05, 0) is 36.3 Å². The number of fused-ring (bicyclic) bond motifs is 2. The lowest BCUT2D eigenvalue weighted by Crippen LogP contribution is -2.57. The van der Waals surface area contributed by atoms with Gasteiger partial charge in [-0.3, -0.25) is 14.4 Å². The molecule has 1 aromatic carbocycles. The van der Waals surface area contributed by atoms with E-state index in [-0.39, 0.29) is 24.7 Å². The highest BCUT2D eigenvalue weighted by Crippen LogP contribution is 2.38. The fraction of sp³-hybridized carbons (Fsp3) is 0.571. The fourth-order valence-electron chi connectivity index (χ4n) is 4.41. The minimum Gasteiger partial charge on any atom is -0.481 e. The molecule has 1 spiro atoms. The Labute approximate surface area is 159 Å². The summed E-state index contributed by atoms with van der Waals surface area (Å²) in [6.07, 6.45) is 1.96. The molecule has 6 heteroatoms. The van der Waals surface area contributed by atoms with Gasteiger partial charge in [-0.1, -0.05) is 37.6 Å². The molecule has 146 valence electrons. The third kappa shape index (κ3) is 4.15. The summed E-state index contributed by atoms with van der Waals surface area (Å²) in [6, 6.07) is 6.27. The van der Waals surface area contributed by atoms with Crippen molar-refractivity contribution in [3.05, 3.63) is 34.9 Å². The largest absolute Gasteiger partial charge is 0.481 e. The number of carbonyl (C=O) groups is 3. The number of carboxylic acid groups (broad SMARTS) is 1. The van der Waals surface area contributed by atoms with Gasteiger partial charge < -0.3 is 15.3 Å². The van der Waals surface area contributed by atoms with Gasteiger partial charge in [0.05, 0.1) is 18.4 Å². The summed E-state index contributed by atoms with van der Waals surface area (Å²) in [5.74, 6) is -0.861. The molecular formula is C21H28N2O4. The number of carboxylic acids is 1. The first-order valence-electron chi connectivity index (χ1n) is 9.51. The van der Waals surface area contributed by atoms with Gasteiger partial charge in [0.25, 0.3) is 0 Å². The number of aliphatic carboxylic acids is 1. The molecule has 1 saturated heterocycles. The average Bonchev–Trinajstić information content (AvgIpc) is 2.52. The predicted molar refractivity (Wildman–Crippen MR) is 101 cm³/mol. The van der Waals surface area contributed by atoms with Crippen molar-refractivity contribution in [2.75, 3.05) is 13.1 Å². The summed E-state index contributed by atoms with van der Waals surface area (Å²) in [7, 11) is 0. The number of carbonyl (C=O) groups excluding carboxylic acids is 2. The van der Waals surface area contributed by atoms with Crippen LogP contribution < -0.4 is 5.32 Å². The number of aryl methyl sites for hydroxylation is 1. The predicted octanol–water partition coefficient (Wildman–Crippen LogP) is 2.38. The number of amides is 2. The quantitative estimate of drug-likeness (QED) is 0.850. The maximum atomic E-state index is 12.7. The summed E-state index contributed by atoms with van der Waals surface area (Å²) in [4.78, 5) is 37.7. The molecular weight excluding hydrogens is 344 g/mol. The molecule has 6 nitrogen and oxygen atoms in total. The normalized spacial score (nSPS) is 18.8. The summed E-state index contributed by atoms with van der Waals surface area (Å²) in [6.45, 7) is 6.78. The smallest absolute Gasteiger partial charge is 0.303 e. The van der Waals surface area contributed by atoms with E-state index >= 15 is 0 Å². The lowest BCUT2D eigenvalue weighted by Gasteiger charge is -2.46. The summed E-state index contributed by atoms with van der Waals surface area (Å²) < 4.78 is 0. The van der Waals surface area contributed by atoms with E-state index in [2.05, 4.69) is 23.5 Å². The topological polar surface area (TPSA) is 86.7 Å². The zero-order valence-corrected chi connectivity index (χ0v) is 16.3. The van der Waals surface area contributed by atoms with Gasteiger partial charge in [0.2, 0.25) is 11.8 Å². The first-order valence-corrected chi connectivity index (χ1v) is 9.51. The standard InChI is InChI=1S/C21H28N2O4/c1-14-4-5-16-15(10-14)11-17(24)22-21(16)6-8-23(9-7-21)18(25)12-20(2,3)13-19(26)27/h4-5,10H,6-9,11-13H2,1-3H3,(H,22,24)(H,26,27). The van der Waals surface area contributed by atoms with E-state index in [0.29, 0.717) is 32.4 Å². The monoisotopic (exact) mass is 372 g/mol. The number of nitrogens with one attached hydrogen (secondary N) is 1. The van der Waals surface area contributed by atoms with Crippen LogP contribution >= 0.6 is 0 Å². The van der Waals surface area contributed by atoms with Crippen LogP contribution in [0.1, 0.15) is 56.2 Å². The SMILES string of the molecule is Cc1ccc2c(c1)CC(=O)NC21CCN(C(=O)CC(C)(C)CC(=O)O)CC1. The average molecular weight is 372 g/mol. The van der Waals surface area contributed by atoms with Crippen LogP contribution in [0.15, 0.2) is 18.2 Å². The molecule has 2 aliphatic heterocycles. The van der Waals surface area contributed by atoms with Crippen LogP contribution in [0.5, 0.6) is 0 Å². The van der Waals surface area contributed by atoms with Gasteiger partial charge in [-0.15, -0.1) is 0 Å². The second-order valence-corrected chi connectivity index (χ2v) is 8.76. The highest BCUT2D eigenvalue weighted by atomic mass is 16.4. The van der Waals surface area contributed by atoms with Crippen molar-refractivity contribution >= 4 is 17.8 Å². The van der Waals surface area contributed by atoms with Crippen molar-refractivity contribution in [3.63, 3.8) is 0 Å². The van der Waals surface area contributed by atoms with Crippen molar-refractivity contribution in [3.8, 4) is 0 Å². The van der Waals surface area contributed by atoms with Crippen molar-refractivity contribution in [1.82, 2.24) is 10.2 Å². The second kappa shape index (κ2) is 6.98. The second-order valence-electron chi connectivity index (χ2n) is 8.76. The molecule has 27 heavy (non-hydrogen) atoms. The van der Waals surface area contributed by atoms with Crippen molar-refractivity contribution in [1.29, 1.82) is 0 Å². The Bertz CT molecular complexity index is 776. The zero-order chi connectivity index (χ0) is 19.8. The Morgan fingerprint density at radius 3 is 2.52 bits per heavy atom. The van der Waals surface area contributed by atoms with E-state index in [1.165, 1.54) is 5.56 Å². The van der Waals surface area contributed by atoms with Crippen LogP contribution in [0.4, 0.5) is 0 Å². The Balaban J connectivity index is 1.71. The van der Waals surface area contributed by atoms with E-state index in [0.717, 1.165) is 11.1 Å². The Hall–Kier alpha value is -2.37. The molecule has 0 aromatic heterocycles. The molecule has 2 heterocycles. The van der Waals surface area contributed by atoms with Crippen LogP contribution in [0.25, 0.3) is 0 Å². The molecule has 0 saturated carbocycles. The highest BCUT2D eigenvalue weighted by molar-refractivity contribution is 5.83. The van der Waals surface area contributed by atoms with E-state index in [1.54, 1.807) is 0 Å². The molecule has 0 atom stereocenters. The number of hydrogen-bond acceptors (Lipinski definition) is 3.